The summed E-state index contributed by atoms with van der Waals surface area (Å²) in [5.74, 6) is 0. The molecule has 2 aromatic heterocycles. The normalized spacial score (nSPS) is 18.4. The first kappa shape index (κ1) is 15.0. The molecule has 0 spiro atoms. The highest BCUT2D eigenvalue weighted by Gasteiger charge is 2.21. The quantitative estimate of drug-likeness (QED) is 0.870. The molecule has 7 nitrogen and oxygen atoms in total. The standard InChI is InChI=1S/C15H23N5O2/c1-3-4-8-19-13-12(18(2)10-17-13)14(21)20(15(19)22)9-11-6-5-7-16-11/h10-11,16H,3-9H2,1-2H3. The molecule has 0 aliphatic carbocycles. The second-order valence-electron chi connectivity index (χ2n) is 6.02. The Morgan fingerprint density at radius 2 is 2.18 bits per heavy atom. The summed E-state index contributed by atoms with van der Waals surface area (Å²) in [6, 6.07) is 0.204. The van der Waals surface area contributed by atoms with E-state index in [1.165, 1.54) is 4.57 Å². The van der Waals surface area contributed by atoms with E-state index in [2.05, 4.69) is 17.2 Å². The number of rotatable bonds is 5. The first-order valence-electron chi connectivity index (χ1n) is 8.01. The van der Waals surface area contributed by atoms with Gasteiger partial charge in [-0.25, -0.2) is 9.78 Å². The van der Waals surface area contributed by atoms with Crippen LogP contribution in [0.5, 0.6) is 0 Å². The van der Waals surface area contributed by atoms with Gasteiger partial charge in [0.05, 0.1) is 6.33 Å². The number of nitrogens with zero attached hydrogens (tertiary/aromatic N) is 4. The highest BCUT2D eigenvalue weighted by Crippen LogP contribution is 2.09. The van der Waals surface area contributed by atoms with E-state index in [4.69, 9.17) is 0 Å². The molecule has 0 radical (unpaired) electrons. The van der Waals surface area contributed by atoms with Gasteiger partial charge < -0.3 is 9.88 Å². The molecular formula is C15H23N5O2. The summed E-state index contributed by atoms with van der Waals surface area (Å²) in [7, 11) is 1.80. The SMILES string of the molecule is CCCCn1c(=O)n(CC2CCCN2)c(=O)c2c1ncn2C. The number of hydrogen-bond acceptors (Lipinski definition) is 4. The van der Waals surface area contributed by atoms with Crippen molar-refractivity contribution in [2.45, 2.75) is 51.7 Å². The Kier molecular flexibility index (Phi) is 4.15. The van der Waals surface area contributed by atoms with Gasteiger partial charge in [-0.1, -0.05) is 13.3 Å². The highest BCUT2D eigenvalue weighted by molar-refractivity contribution is 5.69. The predicted octanol–water partition coefficient (Wildman–Crippen LogP) is 0.449. The third kappa shape index (κ3) is 2.49. The van der Waals surface area contributed by atoms with Crippen LogP contribution in [0.2, 0.25) is 0 Å². The van der Waals surface area contributed by atoms with Crippen molar-refractivity contribution in [2.24, 2.45) is 7.05 Å². The van der Waals surface area contributed by atoms with Gasteiger partial charge in [-0.15, -0.1) is 0 Å². The Balaban J connectivity index is 2.15. The topological polar surface area (TPSA) is 73.8 Å². The van der Waals surface area contributed by atoms with Crippen molar-refractivity contribution >= 4 is 11.2 Å². The van der Waals surface area contributed by atoms with Crippen molar-refractivity contribution in [1.82, 2.24) is 24.0 Å². The average molecular weight is 305 g/mol. The average Bonchev–Trinajstić information content (AvgIpc) is 3.13. The monoisotopic (exact) mass is 305 g/mol. The number of nitrogens with one attached hydrogen (secondary N) is 1. The van der Waals surface area contributed by atoms with Crippen LogP contribution in [0.15, 0.2) is 15.9 Å². The van der Waals surface area contributed by atoms with Crippen molar-refractivity contribution < 1.29 is 0 Å². The lowest BCUT2D eigenvalue weighted by Gasteiger charge is -2.15. The first-order chi connectivity index (χ1) is 10.6. The molecule has 3 rings (SSSR count). The van der Waals surface area contributed by atoms with Gasteiger partial charge in [-0.05, 0) is 25.8 Å². The second kappa shape index (κ2) is 6.08. The number of hydrogen-bond donors (Lipinski definition) is 1. The Labute approximate surface area is 128 Å². The Morgan fingerprint density at radius 3 is 2.86 bits per heavy atom. The van der Waals surface area contributed by atoms with Crippen molar-refractivity contribution in [3.8, 4) is 0 Å². The van der Waals surface area contributed by atoms with Gasteiger partial charge in [0.2, 0.25) is 0 Å². The minimum atomic E-state index is -0.238. The molecule has 1 saturated heterocycles. The van der Waals surface area contributed by atoms with E-state index >= 15 is 0 Å². The van der Waals surface area contributed by atoms with Crippen LogP contribution in [0, 0.1) is 0 Å². The lowest BCUT2D eigenvalue weighted by atomic mass is 10.2. The van der Waals surface area contributed by atoms with Gasteiger partial charge in [0.15, 0.2) is 11.2 Å². The Hall–Kier alpha value is -1.89. The Morgan fingerprint density at radius 1 is 1.36 bits per heavy atom. The van der Waals surface area contributed by atoms with Crippen LogP contribution in [0.3, 0.4) is 0 Å². The fourth-order valence-electron chi connectivity index (χ4n) is 3.12. The van der Waals surface area contributed by atoms with Crippen LogP contribution in [0.1, 0.15) is 32.6 Å². The molecule has 1 N–H and O–H groups in total. The van der Waals surface area contributed by atoms with Gasteiger partial charge in [-0.2, -0.15) is 0 Å². The molecule has 1 aliphatic heterocycles. The molecule has 120 valence electrons. The molecule has 2 aromatic rings. The van der Waals surface area contributed by atoms with Gasteiger partial charge in [-0.3, -0.25) is 13.9 Å². The van der Waals surface area contributed by atoms with Crippen LogP contribution < -0.4 is 16.6 Å². The molecule has 1 fully saturated rings. The number of aromatic nitrogens is 4. The zero-order valence-electron chi connectivity index (χ0n) is 13.2. The summed E-state index contributed by atoms with van der Waals surface area (Å²) >= 11 is 0. The molecule has 1 atom stereocenters. The summed E-state index contributed by atoms with van der Waals surface area (Å²) in [4.78, 5) is 29.7. The van der Waals surface area contributed by atoms with Crippen LogP contribution in [0.25, 0.3) is 11.2 Å². The van der Waals surface area contributed by atoms with Crippen LogP contribution in [-0.2, 0) is 20.1 Å². The van der Waals surface area contributed by atoms with E-state index in [0.29, 0.717) is 24.3 Å². The molecule has 7 heteroatoms. The van der Waals surface area contributed by atoms with Crippen molar-refractivity contribution in [3.05, 3.63) is 27.2 Å². The number of aryl methyl sites for hydroxylation is 2. The third-order valence-electron chi connectivity index (χ3n) is 4.38. The maximum atomic E-state index is 12.8. The van der Waals surface area contributed by atoms with E-state index in [0.717, 1.165) is 32.2 Å². The summed E-state index contributed by atoms with van der Waals surface area (Å²) in [6.07, 6.45) is 5.59. The number of imidazole rings is 1. The van der Waals surface area contributed by atoms with Gasteiger partial charge in [0.25, 0.3) is 5.56 Å². The summed E-state index contributed by atoms with van der Waals surface area (Å²) < 4.78 is 4.73. The maximum absolute atomic E-state index is 12.8. The van der Waals surface area contributed by atoms with E-state index in [9.17, 15) is 9.59 Å². The summed E-state index contributed by atoms with van der Waals surface area (Å²) in [6.45, 7) is 4.07. The van der Waals surface area contributed by atoms with Gasteiger partial charge in [0, 0.05) is 26.2 Å². The molecule has 22 heavy (non-hydrogen) atoms. The molecule has 1 aliphatic rings. The third-order valence-corrected chi connectivity index (χ3v) is 4.38. The summed E-state index contributed by atoms with van der Waals surface area (Å²) in [5, 5.41) is 3.35. The number of unbranched alkanes of at least 4 members (excludes halogenated alkanes) is 1. The molecule has 0 saturated carbocycles. The van der Waals surface area contributed by atoms with Crippen LogP contribution >= 0.6 is 0 Å². The van der Waals surface area contributed by atoms with E-state index in [1.54, 1.807) is 22.5 Å². The zero-order chi connectivity index (χ0) is 15.7. The highest BCUT2D eigenvalue weighted by atomic mass is 16.2. The smallest absolute Gasteiger partial charge is 0.328 e. The second-order valence-corrected chi connectivity index (χ2v) is 6.02. The van der Waals surface area contributed by atoms with E-state index < -0.39 is 0 Å². The van der Waals surface area contributed by atoms with Crippen LogP contribution in [0.4, 0.5) is 0 Å². The number of fused-ring (bicyclic) bond motifs is 1. The van der Waals surface area contributed by atoms with Gasteiger partial charge >= 0.3 is 5.69 Å². The first-order valence-corrected chi connectivity index (χ1v) is 8.01. The molecular weight excluding hydrogens is 282 g/mol. The van der Waals surface area contributed by atoms with Gasteiger partial charge in [0.1, 0.15) is 0 Å². The van der Waals surface area contributed by atoms with Crippen molar-refractivity contribution in [1.29, 1.82) is 0 Å². The molecule has 0 amide bonds. The zero-order valence-corrected chi connectivity index (χ0v) is 13.2. The molecule has 0 bridgehead atoms. The molecule has 0 aromatic carbocycles. The minimum absolute atomic E-state index is 0.204. The lowest BCUT2D eigenvalue weighted by molar-refractivity contribution is 0.466. The summed E-state index contributed by atoms with van der Waals surface area (Å²) in [5.41, 5.74) is 0.537. The largest absolute Gasteiger partial charge is 0.332 e. The minimum Gasteiger partial charge on any atom is -0.328 e. The Bertz CT molecular complexity index is 780. The van der Waals surface area contributed by atoms with Crippen molar-refractivity contribution in [2.75, 3.05) is 6.54 Å². The predicted molar refractivity (Wildman–Crippen MR) is 85.2 cm³/mol. The van der Waals surface area contributed by atoms with E-state index in [-0.39, 0.29) is 17.3 Å². The molecule has 1 unspecified atom stereocenters. The fourth-order valence-corrected chi connectivity index (χ4v) is 3.12. The lowest BCUT2D eigenvalue weighted by Crippen LogP contribution is -2.44. The molecule has 3 heterocycles. The van der Waals surface area contributed by atoms with E-state index in [1.807, 2.05) is 0 Å². The van der Waals surface area contributed by atoms with Crippen molar-refractivity contribution in [3.63, 3.8) is 0 Å². The maximum Gasteiger partial charge on any atom is 0.332 e. The fraction of sp³-hybridized carbons (Fsp3) is 0.667. The van der Waals surface area contributed by atoms with Crippen LogP contribution in [-0.4, -0.2) is 31.3 Å².